The molecule has 6 heteroatoms. The number of hydrogen-bond donors (Lipinski definition) is 1. The Bertz CT molecular complexity index is 582. The molecule has 2 amide bonds. The summed E-state index contributed by atoms with van der Waals surface area (Å²) in [5, 5.41) is 2.85. The number of carbonyl (C=O) groups is 2. The predicted octanol–water partition coefficient (Wildman–Crippen LogP) is 2.02. The van der Waals surface area contributed by atoms with Gasteiger partial charge in [0, 0.05) is 31.8 Å². The number of carbonyl (C=O) groups excluding carboxylic acids is 2. The average molecular weight is 346 g/mol. The minimum atomic E-state index is -0.130. The molecule has 0 saturated carbocycles. The van der Waals surface area contributed by atoms with Crippen molar-refractivity contribution in [2.75, 3.05) is 31.3 Å². The van der Waals surface area contributed by atoms with E-state index >= 15 is 0 Å². The zero-order chi connectivity index (χ0) is 17.5. The first-order valence-corrected chi connectivity index (χ1v) is 9.08. The van der Waals surface area contributed by atoms with E-state index in [-0.39, 0.29) is 24.5 Å². The smallest absolute Gasteiger partial charge is 0.246 e. The van der Waals surface area contributed by atoms with Crippen LogP contribution in [0.1, 0.15) is 37.7 Å². The lowest BCUT2D eigenvalue weighted by Crippen LogP contribution is -2.30. The summed E-state index contributed by atoms with van der Waals surface area (Å²) in [6, 6.07) is 7.75. The second-order valence-corrected chi connectivity index (χ2v) is 6.60. The largest absolute Gasteiger partial charge is 0.376 e. The van der Waals surface area contributed by atoms with Crippen LogP contribution in [0.15, 0.2) is 24.3 Å². The number of nitrogens with one attached hydrogen (secondary N) is 1. The lowest BCUT2D eigenvalue weighted by atomic mass is 10.1. The Balaban J connectivity index is 1.36. The van der Waals surface area contributed by atoms with Crippen molar-refractivity contribution in [1.82, 2.24) is 5.32 Å². The van der Waals surface area contributed by atoms with Gasteiger partial charge in [-0.3, -0.25) is 9.59 Å². The molecule has 0 aliphatic carbocycles. The maximum Gasteiger partial charge on any atom is 0.246 e. The van der Waals surface area contributed by atoms with Crippen LogP contribution in [0.2, 0.25) is 0 Å². The van der Waals surface area contributed by atoms with Crippen LogP contribution in [-0.2, 0) is 25.6 Å². The number of nitrogens with zero attached hydrogens (tertiary/aromatic N) is 1. The number of amides is 2. The molecule has 2 heterocycles. The molecule has 0 aromatic heterocycles. The molecule has 1 atom stereocenters. The summed E-state index contributed by atoms with van der Waals surface area (Å²) in [7, 11) is 0. The monoisotopic (exact) mass is 346 g/mol. The van der Waals surface area contributed by atoms with Gasteiger partial charge in [0.2, 0.25) is 11.8 Å². The van der Waals surface area contributed by atoms with Gasteiger partial charge in [0.1, 0.15) is 6.61 Å². The highest BCUT2D eigenvalue weighted by Gasteiger charge is 2.21. The van der Waals surface area contributed by atoms with Crippen LogP contribution < -0.4 is 10.2 Å². The maximum absolute atomic E-state index is 11.8. The fourth-order valence-electron chi connectivity index (χ4n) is 3.19. The maximum atomic E-state index is 11.8. The van der Waals surface area contributed by atoms with Crippen LogP contribution in [0.5, 0.6) is 0 Å². The van der Waals surface area contributed by atoms with Crippen molar-refractivity contribution in [2.24, 2.45) is 0 Å². The minimum Gasteiger partial charge on any atom is -0.376 e. The molecule has 136 valence electrons. The fraction of sp³-hybridized carbons (Fsp3) is 0.579. The highest BCUT2D eigenvalue weighted by Crippen LogP contribution is 2.21. The normalized spacial score (nSPS) is 20.7. The molecule has 25 heavy (non-hydrogen) atoms. The van der Waals surface area contributed by atoms with Gasteiger partial charge in [-0.1, -0.05) is 12.1 Å². The van der Waals surface area contributed by atoms with Crippen molar-refractivity contribution >= 4 is 17.5 Å². The second-order valence-electron chi connectivity index (χ2n) is 6.60. The minimum absolute atomic E-state index is 0.0558. The molecule has 3 rings (SSSR count). The van der Waals surface area contributed by atoms with Crippen molar-refractivity contribution < 1.29 is 19.1 Å². The van der Waals surface area contributed by atoms with Crippen LogP contribution in [0.4, 0.5) is 5.69 Å². The fourth-order valence-corrected chi connectivity index (χ4v) is 3.19. The quantitative estimate of drug-likeness (QED) is 0.820. The predicted molar refractivity (Wildman–Crippen MR) is 94.3 cm³/mol. The average Bonchev–Trinajstić information content (AvgIpc) is 3.07. The van der Waals surface area contributed by atoms with E-state index in [0.717, 1.165) is 43.7 Å². The molecule has 1 aromatic rings. The van der Waals surface area contributed by atoms with E-state index in [4.69, 9.17) is 9.47 Å². The highest BCUT2D eigenvalue weighted by atomic mass is 16.5. The lowest BCUT2D eigenvalue weighted by molar-refractivity contribution is -0.128. The topological polar surface area (TPSA) is 67.9 Å². The van der Waals surface area contributed by atoms with Gasteiger partial charge >= 0.3 is 0 Å². The molecular formula is C19H26N2O4. The van der Waals surface area contributed by atoms with Crippen molar-refractivity contribution in [3.8, 4) is 0 Å². The van der Waals surface area contributed by atoms with Gasteiger partial charge < -0.3 is 19.7 Å². The zero-order valence-electron chi connectivity index (χ0n) is 14.5. The van der Waals surface area contributed by atoms with Gasteiger partial charge in [0.05, 0.1) is 12.7 Å². The molecule has 1 N–H and O–H groups in total. The molecule has 2 aliphatic heterocycles. The van der Waals surface area contributed by atoms with Crippen LogP contribution >= 0.6 is 0 Å². The van der Waals surface area contributed by atoms with Gasteiger partial charge in [-0.25, -0.2) is 0 Å². The molecule has 2 fully saturated rings. The van der Waals surface area contributed by atoms with E-state index in [1.54, 1.807) is 0 Å². The van der Waals surface area contributed by atoms with Gasteiger partial charge in [-0.15, -0.1) is 0 Å². The van der Waals surface area contributed by atoms with E-state index in [1.807, 2.05) is 29.2 Å². The van der Waals surface area contributed by atoms with Crippen LogP contribution in [0.3, 0.4) is 0 Å². The Kier molecular flexibility index (Phi) is 6.42. The van der Waals surface area contributed by atoms with E-state index in [1.165, 1.54) is 6.42 Å². The van der Waals surface area contributed by atoms with Crippen molar-refractivity contribution in [3.05, 3.63) is 29.8 Å². The SMILES string of the molecule is O=C(COC[C@@H]1CCCCO1)NCc1ccc(N2CCCC2=O)cc1. The molecule has 0 radical (unpaired) electrons. The first-order chi connectivity index (χ1) is 12.2. The van der Waals surface area contributed by atoms with E-state index in [0.29, 0.717) is 19.6 Å². The van der Waals surface area contributed by atoms with E-state index in [9.17, 15) is 9.59 Å². The van der Waals surface area contributed by atoms with Gasteiger partial charge in [0.25, 0.3) is 0 Å². The van der Waals surface area contributed by atoms with E-state index in [2.05, 4.69) is 5.32 Å². The number of rotatable bonds is 7. The van der Waals surface area contributed by atoms with Crippen LogP contribution in [0, 0.1) is 0 Å². The number of ether oxygens (including phenoxy) is 2. The summed E-state index contributed by atoms with van der Waals surface area (Å²) in [6.45, 7) is 2.57. The Morgan fingerprint density at radius 3 is 2.76 bits per heavy atom. The van der Waals surface area contributed by atoms with Crippen molar-refractivity contribution in [2.45, 2.75) is 44.8 Å². The first kappa shape index (κ1) is 17.9. The van der Waals surface area contributed by atoms with Crippen LogP contribution in [0.25, 0.3) is 0 Å². The Morgan fingerprint density at radius 2 is 2.08 bits per heavy atom. The molecule has 0 spiro atoms. The third-order valence-corrected chi connectivity index (χ3v) is 4.62. The van der Waals surface area contributed by atoms with Crippen molar-refractivity contribution in [1.29, 1.82) is 0 Å². The van der Waals surface area contributed by atoms with Gasteiger partial charge in [-0.2, -0.15) is 0 Å². The van der Waals surface area contributed by atoms with Crippen LogP contribution in [-0.4, -0.2) is 44.3 Å². The third-order valence-electron chi connectivity index (χ3n) is 4.62. The summed E-state index contributed by atoms with van der Waals surface area (Å²) in [6.07, 6.45) is 4.96. The molecule has 6 nitrogen and oxygen atoms in total. The molecule has 2 aliphatic rings. The highest BCUT2D eigenvalue weighted by molar-refractivity contribution is 5.95. The Morgan fingerprint density at radius 1 is 1.24 bits per heavy atom. The zero-order valence-corrected chi connectivity index (χ0v) is 14.5. The van der Waals surface area contributed by atoms with Gasteiger partial charge in [-0.05, 0) is 43.4 Å². The first-order valence-electron chi connectivity index (χ1n) is 9.08. The number of anilines is 1. The second kappa shape index (κ2) is 8.97. The Labute approximate surface area is 148 Å². The molecular weight excluding hydrogens is 320 g/mol. The summed E-state index contributed by atoms with van der Waals surface area (Å²) in [4.78, 5) is 25.4. The summed E-state index contributed by atoms with van der Waals surface area (Å²) in [5.41, 5.74) is 1.92. The third kappa shape index (κ3) is 5.28. The molecule has 0 bridgehead atoms. The standard InChI is InChI=1S/C19H26N2O4/c22-18(14-24-13-17-4-1-2-11-25-17)20-12-15-6-8-16(9-7-15)21-10-3-5-19(21)23/h6-9,17H,1-5,10-14H2,(H,20,22)/t17-/m0/s1. The lowest BCUT2D eigenvalue weighted by Gasteiger charge is -2.22. The Hall–Kier alpha value is -1.92. The summed E-state index contributed by atoms with van der Waals surface area (Å²) < 4.78 is 11.0. The molecule has 1 aromatic carbocycles. The molecule has 2 saturated heterocycles. The van der Waals surface area contributed by atoms with Crippen molar-refractivity contribution in [3.63, 3.8) is 0 Å². The number of benzene rings is 1. The summed E-state index contributed by atoms with van der Waals surface area (Å²) in [5.74, 6) is 0.0507. The number of hydrogen-bond acceptors (Lipinski definition) is 4. The molecule has 0 unspecified atom stereocenters. The van der Waals surface area contributed by atoms with E-state index < -0.39 is 0 Å². The summed E-state index contributed by atoms with van der Waals surface area (Å²) >= 11 is 0. The van der Waals surface area contributed by atoms with Gasteiger partial charge in [0.15, 0.2) is 0 Å².